The largest absolute Gasteiger partial charge is 0.545 e. The van der Waals surface area contributed by atoms with Gasteiger partial charge in [0.25, 0.3) is 0 Å². The van der Waals surface area contributed by atoms with Gasteiger partial charge in [-0.05, 0) is 109 Å². The summed E-state index contributed by atoms with van der Waals surface area (Å²) in [6.07, 6.45) is 73.9. The number of esters is 2. The molecule has 9 heteroatoms. The summed E-state index contributed by atoms with van der Waals surface area (Å²) in [5, 5.41) is 11.8. The van der Waals surface area contributed by atoms with E-state index in [4.69, 9.17) is 18.9 Å². The van der Waals surface area contributed by atoms with Crippen molar-refractivity contribution in [1.29, 1.82) is 0 Å². The molecule has 0 fully saturated rings. The molecule has 0 amide bonds. The molecule has 0 aromatic carbocycles. The average molecular weight is 1030 g/mol. The van der Waals surface area contributed by atoms with Gasteiger partial charge in [0, 0.05) is 12.8 Å². The van der Waals surface area contributed by atoms with Gasteiger partial charge in [-0.3, -0.25) is 9.59 Å². The third kappa shape index (κ3) is 55.4. The van der Waals surface area contributed by atoms with Crippen LogP contribution in [0.2, 0.25) is 0 Å². The van der Waals surface area contributed by atoms with Gasteiger partial charge < -0.3 is 33.3 Å². The van der Waals surface area contributed by atoms with Gasteiger partial charge >= 0.3 is 11.9 Å². The average Bonchev–Trinajstić information content (AvgIpc) is 3.37. The maximum Gasteiger partial charge on any atom is 0.306 e. The van der Waals surface area contributed by atoms with Crippen LogP contribution in [-0.4, -0.2) is 82.3 Å². The van der Waals surface area contributed by atoms with Crippen molar-refractivity contribution in [1.82, 2.24) is 0 Å². The Hall–Kier alpha value is -4.31. The Balaban J connectivity index is 4.32. The molecule has 0 rings (SSSR count). The summed E-state index contributed by atoms with van der Waals surface area (Å²) >= 11 is 0. The summed E-state index contributed by atoms with van der Waals surface area (Å²) in [6, 6.07) is 0. The van der Waals surface area contributed by atoms with E-state index in [0.717, 1.165) is 128 Å². The predicted octanol–water partition coefficient (Wildman–Crippen LogP) is 16.0. The highest BCUT2D eigenvalue weighted by molar-refractivity contribution is 5.70. The quantitative estimate of drug-likeness (QED) is 0.0195. The molecule has 0 spiro atoms. The van der Waals surface area contributed by atoms with Crippen LogP contribution in [0.15, 0.2) is 122 Å². The number of aliphatic carboxylic acids is 1. The number of carbonyl (C=O) groups is 3. The first-order valence-corrected chi connectivity index (χ1v) is 29.2. The number of nitrogens with zero attached hydrogens (tertiary/aromatic N) is 1. The van der Waals surface area contributed by atoms with Gasteiger partial charge in [0.2, 0.25) is 0 Å². The third-order valence-corrected chi connectivity index (χ3v) is 11.9. The molecule has 0 saturated carbocycles. The number of likely N-dealkylation sites (N-methyl/N-ethyl adjacent to an activating group) is 1. The number of rotatable bonds is 52. The van der Waals surface area contributed by atoms with Crippen LogP contribution in [0.3, 0.4) is 0 Å². The Bertz CT molecular complexity index is 1620. The second-order valence-electron chi connectivity index (χ2n) is 20.2. The minimum Gasteiger partial charge on any atom is -0.545 e. The Labute approximate surface area is 453 Å². The van der Waals surface area contributed by atoms with Crippen molar-refractivity contribution in [2.45, 2.75) is 225 Å². The van der Waals surface area contributed by atoms with E-state index in [-0.39, 0.29) is 38.6 Å². The molecule has 0 aromatic heterocycles. The lowest BCUT2D eigenvalue weighted by Crippen LogP contribution is -2.44. The van der Waals surface area contributed by atoms with E-state index in [1.807, 2.05) is 21.1 Å². The molecule has 0 saturated heterocycles. The molecular formula is C65H107NO8. The van der Waals surface area contributed by atoms with Crippen LogP contribution in [-0.2, 0) is 33.3 Å². The fraction of sp³-hybridized carbons (Fsp3) is 0.646. The van der Waals surface area contributed by atoms with Crippen molar-refractivity contribution >= 4 is 17.9 Å². The minimum atomic E-state index is -1.64. The number of hydrogen-bond donors (Lipinski definition) is 0. The maximum absolute atomic E-state index is 12.9. The Morgan fingerprint density at radius 2 is 0.770 bits per heavy atom. The van der Waals surface area contributed by atoms with Crippen LogP contribution >= 0.6 is 0 Å². The molecule has 9 nitrogen and oxygen atoms in total. The van der Waals surface area contributed by atoms with Crippen LogP contribution in [0.1, 0.15) is 213 Å². The zero-order chi connectivity index (χ0) is 54.1. The maximum atomic E-state index is 12.9. The summed E-state index contributed by atoms with van der Waals surface area (Å²) in [4.78, 5) is 37.2. The molecule has 0 bridgehead atoms. The number of ether oxygens (including phenoxy) is 4. The zero-order valence-electron chi connectivity index (χ0n) is 47.7. The lowest BCUT2D eigenvalue weighted by molar-refractivity contribution is -0.870. The van der Waals surface area contributed by atoms with E-state index in [0.29, 0.717) is 17.4 Å². The fourth-order valence-corrected chi connectivity index (χ4v) is 7.46. The van der Waals surface area contributed by atoms with Crippen LogP contribution in [0.5, 0.6) is 0 Å². The second-order valence-corrected chi connectivity index (χ2v) is 20.2. The molecule has 0 aliphatic rings. The van der Waals surface area contributed by atoms with Crippen molar-refractivity contribution in [3.05, 3.63) is 122 Å². The van der Waals surface area contributed by atoms with Crippen molar-refractivity contribution < 1.29 is 42.9 Å². The van der Waals surface area contributed by atoms with E-state index >= 15 is 0 Å². The van der Waals surface area contributed by atoms with Crippen molar-refractivity contribution in [2.24, 2.45) is 0 Å². The Morgan fingerprint density at radius 3 is 1.16 bits per heavy atom. The van der Waals surface area contributed by atoms with Gasteiger partial charge in [0.15, 0.2) is 12.4 Å². The van der Waals surface area contributed by atoms with Gasteiger partial charge in [-0.15, -0.1) is 0 Å². The summed E-state index contributed by atoms with van der Waals surface area (Å²) in [5.41, 5.74) is 0. The van der Waals surface area contributed by atoms with Crippen LogP contribution in [0, 0.1) is 0 Å². The number of quaternary nitrogens is 1. The van der Waals surface area contributed by atoms with Gasteiger partial charge in [-0.1, -0.05) is 212 Å². The highest BCUT2D eigenvalue weighted by atomic mass is 16.7. The van der Waals surface area contributed by atoms with Crippen LogP contribution in [0.4, 0.5) is 0 Å². The van der Waals surface area contributed by atoms with E-state index in [1.165, 1.54) is 51.4 Å². The van der Waals surface area contributed by atoms with Gasteiger partial charge in [0.05, 0.1) is 40.3 Å². The van der Waals surface area contributed by atoms with E-state index in [9.17, 15) is 19.5 Å². The molecule has 0 radical (unpaired) electrons. The predicted molar refractivity (Wildman–Crippen MR) is 310 cm³/mol. The first-order chi connectivity index (χ1) is 36.1. The highest BCUT2D eigenvalue weighted by Gasteiger charge is 2.22. The van der Waals surface area contributed by atoms with Gasteiger partial charge in [0.1, 0.15) is 13.2 Å². The molecular weight excluding hydrogens is 923 g/mol. The lowest BCUT2D eigenvalue weighted by atomic mass is 10.1. The normalized spacial score (nSPS) is 13.7. The fourth-order valence-electron chi connectivity index (χ4n) is 7.46. The number of carboxylic acid groups (broad SMARTS) is 1. The number of unbranched alkanes of at least 4 members (excludes halogenated alkanes) is 17. The molecule has 2 atom stereocenters. The zero-order valence-corrected chi connectivity index (χ0v) is 47.7. The molecule has 74 heavy (non-hydrogen) atoms. The SMILES string of the molecule is CC/C=C\C/C=C\C/C=C\C/C=C\C/C=C\C/C=C\C/C=C\C/C=C\C/C=C\CCCCCCCC(=O)OC(COC(=O)CCCCCCC/C=C\CCCCCCCCC)COC(OCC[N+](C)(C)C)C(=O)[O-]. The summed E-state index contributed by atoms with van der Waals surface area (Å²) < 4.78 is 22.6. The van der Waals surface area contributed by atoms with Crippen molar-refractivity contribution in [2.75, 3.05) is 47.5 Å². The van der Waals surface area contributed by atoms with Crippen molar-refractivity contribution in [3.63, 3.8) is 0 Å². The Morgan fingerprint density at radius 1 is 0.419 bits per heavy atom. The van der Waals surface area contributed by atoms with E-state index in [1.54, 1.807) is 0 Å². The summed E-state index contributed by atoms with van der Waals surface area (Å²) in [6.45, 7) is 4.58. The Kier molecular flexibility index (Phi) is 51.7. The number of carboxylic acids is 1. The van der Waals surface area contributed by atoms with Crippen molar-refractivity contribution in [3.8, 4) is 0 Å². The highest BCUT2D eigenvalue weighted by Crippen LogP contribution is 2.13. The van der Waals surface area contributed by atoms with Crippen LogP contribution < -0.4 is 5.11 Å². The van der Waals surface area contributed by atoms with Gasteiger partial charge in [-0.2, -0.15) is 0 Å². The molecule has 0 aromatic rings. The standard InChI is InChI=1S/C65H107NO8/c1-6-8-10-12-14-16-18-20-22-24-25-26-27-28-29-30-31-32-33-34-35-36-37-38-39-40-42-44-46-48-50-52-54-56-63(68)74-61(60-73-65(64(69)70)71-58-57-66(3,4)5)59-72-62(67)55-53-51-49-47-45-43-41-23-21-19-17-15-13-11-9-7-2/h8,10,14,16,20,22-23,25-26,28-29,31-32,34-35,37-38,40-42,61,65H,6-7,9,11-13,15,17-19,21,24,27,30,33,36,39,43-60H2,1-5H3/b10-8-,16-14-,22-20-,26-25-,29-28-,32-31-,35-34-,38-37-,41-23-,42-40-. The first kappa shape index (κ1) is 69.7. The van der Waals surface area contributed by atoms with Crippen LogP contribution in [0.25, 0.3) is 0 Å². The van der Waals surface area contributed by atoms with E-state index in [2.05, 4.69) is 135 Å². The molecule has 0 N–H and O–H groups in total. The molecule has 2 unspecified atom stereocenters. The number of allylic oxidation sites excluding steroid dienone is 20. The summed E-state index contributed by atoms with van der Waals surface area (Å²) in [7, 11) is 5.90. The third-order valence-electron chi connectivity index (χ3n) is 11.9. The molecule has 420 valence electrons. The monoisotopic (exact) mass is 1030 g/mol. The second kappa shape index (κ2) is 54.9. The van der Waals surface area contributed by atoms with E-state index < -0.39 is 24.3 Å². The summed E-state index contributed by atoms with van der Waals surface area (Å²) in [5.74, 6) is -2.33. The first-order valence-electron chi connectivity index (χ1n) is 29.2. The topological polar surface area (TPSA) is 111 Å². The lowest BCUT2D eigenvalue weighted by Gasteiger charge is -2.26. The smallest absolute Gasteiger partial charge is 0.306 e. The molecule has 0 heterocycles. The number of hydrogen-bond acceptors (Lipinski definition) is 8. The van der Waals surface area contributed by atoms with Gasteiger partial charge in [-0.25, -0.2) is 0 Å². The molecule has 0 aliphatic carbocycles. The number of carbonyl (C=O) groups excluding carboxylic acids is 3. The molecule has 0 aliphatic heterocycles. The minimum absolute atomic E-state index is 0.136.